The van der Waals surface area contributed by atoms with Gasteiger partial charge >= 0.3 is 0 Å². The molecule has 0 saturated heterocycles. The molecule has 0 spiro atoms. The molecule has 2 N–H and O–H groups in total. The Kier molecular flexibility index (Phi) is 5.62. The highest BCUT2D eigenvalue weighted by atomic mass is 16.3. The number of hydrogen-bond donors (Lipinski definition) is 2. The summed E-state index contributed by atoms with van der Waals surface area (Å²) < 4.78 is 0. The molecule has 0 aromatic heterocycles. The normalized spacial score (nSPS) is 17.1. The van der Waals surface area contributed by atoms with Gasteiger partial charge in [-0.05, 0) is 56.7 Å². The second-order valence-corrected chi connectivity index (χ2v) is 5.44. The standard InChI is InChI=1S/C17H25NO/c1-14(17-9-5-8-16(12-17)13-19)18-11-10-15-6-3-2-4-7-15/h5-6,8-9,12,14,18-19H,2-4,7,10-11,13H2,1H3. The van der Waals surface area contributed by atoms with Crippen molar-refractivity contribution in [3.63, 3.8) is 0 Å². The first kappa shape index (κ1) is 14.3. The van der Waals surface area contributed by atoms with Crippen molar-refractivity contribution in [3.05, 3.63) is 47.0 Å². The molecule has 1 aliphatic carbocycles. The molecule has 1 unspecified atom stereocenters. The number of aliphatic hydroxyl groups is 1. The maximum Gasteiger partial charge on any atom is 0.0681 e. The van der Waals surface area contributed by atoms with Gasteiger partial charge in [0.25, 0.3) is 0 Å². The summed E-state index contributed by atoms with van der Waals surface area (Å²) in [6.07, 6.45) is 8.87. The molecule has 0 amide bonds. The Labute approximate surface area is 116 Å². The van der Waals surface area contributed by atoms with Gasteiger partial charge in [-0.2, -0.15) is 0 Å². The Balaban J connectivity index is 1.80. The number of nitrogens with one attached hydrogen (secondary N) is 1. The number of aliphatic hydroxyl groups excluding tert-OH is 1. The van der Waals surface area contributed by atoms with Crippen molar-refractivity contribution >= 4 is 0 Å². The summed E-state index contributed by atoms with van der Waals surface area (Å²) in [6, 6.07) is 8.52. The second-order valence-electron chi connectivity index (χ2n) is 5.44. The molecule has 1 aliphatic rings. The smallest absolute Gasteiger partial charge is 0.0681 e. The summed E-state index contributed by atoms with van der Waals surface area (Å²) in [6.45, 7) is 3.34. The molecule has 2 nitrogen and oxygen atoms in total. The molecule has 1 atom stereocenters. The molecule has 0 aliphatic heterocycles. The average molecular weight is 259 g/mol. The summed E-state index contributed by atoms with van der Waals surface area (Å²) in [5.74, 6) is 0. The first-order chi connectivity index (χ1) is 9.29. The van der Waals surface area contributed by atoms with Gasteiger partial charge in [0.2, 0.25) is 0 Å². The van der Waals surface area contributed by atoms with E-state index in [1.165, 1.54) is 37.7 Å². The van der Waals surface area contributed by atoms with Crippen LogP contribution < -0.4 is 5.32 Å². The SMILES string of the molecule is CC(NCCC1=CCCCC1)c1cccc(CO)c1. The number of hydrogen-bond acceptors (Lipinski definition) is 2. The molecule has 0 radical (unpaired) electrons. The summed E-state index contributed by atoms with van der Waals surface area (Å²) >= 11 is 0. The monoisotopic (exact) mass is 259 g/mol. The van der Waals surface area contributed by atoms with Crippen LogP contribution in [0.3, 0.4) is 0 Å². The van der Waals surface area contributed by atoms with Crippen molar-refractivity contribution in [3.8, 4) is 0 Å². The van der Waals surface area contributed by atoms with Gasteiger partial charge in [0.05, 0.1) is 6.61 Å². The average Bonchev–Trinajstić information content (AvgIpc) is 2.48. The fourth-order valence-corrected chi connectivity index (χ4v) is 2.66. The second kappa shape index (κ2) is 7.46. The first-order valence-corrected chi connectivity index (χ1v) is 7.40. The van der Waals surface area contributed by atoms with Crippen LogP contribution in [0.4, 0.5) is 0 Å². The number of allylic oxidation sites excluding steroid dienone is 1. The van der Waals surface area contributed by atoms with E-state index in [1.807, 2.05) is 12.1 Å². The molecule has 0 saturated carbocycles. The molecule has 1 aromatic carbocycles. The van der Waals surface area contributed by atoms with Gasteiger partial charge in [0.15, 0.2) is 0 Å². The third-order valence-electron chi connectivity index (χ3n) is 3.92. The van der Waals surface area contributed by atoms with Crippen LogP contribution in [0, 0.1) is 0 Å². The fourth-order valence-electron chi connectivity index (χ4n) is 2.66. The molecule has 2 rings (SSSR count). The molecular weight excluding hydrogens is 234 g/mol. The van der Waals surface area contributed by atoms with Crippen molar-refractivity contribution in [2.24, 2.45) is 0 Å². The number of rotatable bonds is 6. The van der Waals surface area contributed by atoms with Crippen LogP contribution in [0.15, 0.2) is 35.9 Å². The minimum atomic E-state index is 0.118. The van der Waals surface area contributed by atoms with Crippen LogP contribution in [0.1, 0.15) is 56.2 Å². The van der Waals surface area contributed by atoms with Crippen molar-refractivity contribution in [1.82, 2.24) is 5.32 Å². The Morgan fingerprint density at radius 2 is 2.21 bits per heavy atom. The minimum absolute atomic E-state index is 0.118. The quantitative estimate of drug-likeness (QED) is 0.763. The molecule has 0 heterocycles. The van der Waals surface area contributed by atoms with Crippen LogP contribution >= 0.6 is 0 Å². The van der Waals surface area contributed by atoms with Crippen LogP contribution in [0.25, 0.3) is 0 Å². The predicted octanol–water partition coefficient (Wildman–Crippen LogP) is 3.72. The highest BCUT2D eigenvalue weighted by Gasteiger charge is 2.07. The van der Waals surface area contributed by atoms with Crippen molar-refractivity contribution in [2.75, 3.05) is 6.54 Å². The Morgan fingerprint density at radius 1 is 1.32 bits per heavy atom. The zero-order valence-electron chi connectivity index (χ0n) is 11.9. The highest BCUT2D eigenvalue weighted by Crippen LogP contribution is 2.20. The molecular formula is C17H25NO. The van der Waals surface area contributed by atoms with E-state index in [1.54, 1.807) is 5.57 Å². The first-order valence-electron chi connectivity index (χ1n) is 7.40. The zero-order chi connectivity index (χ0) is 13.5. The van der Waals surface area contributed by atoms with Crippen LogP contribution in [0.2, 0.25) is 0 Å². The topological polar surface area (TPSA) is 32.3 Å². The van der Waals surface area contributed by atoms with Gasteiger partial charge in [0.1, 0.15) is 0 Å². The molecule has 2 heteroatoms. The molecule has 0 fully saturated rings. The number of benzene rings is 1. The lowest BCUT2D eigenvalue weighted by Crippen LogP contribution is -2.20. The maximum absolute atomic E-state index is 9.16. The molecule has 19 heavy (non-hydrogen) atoms. The van der Waals surface area contributed by atoms with E-state index in [-0.39, 0.29) is 6.61 Å². The summed E-state index contributed by atoms with van der Waals surface area (Å²) in [4.78, 5) is 0. The van der Waals surface area contributed by atoms with Gasteiger partial charge in [-0.3, -0.25) is 0 Å². The van der Waals surface area contributed by atoms with Gasteiger partial charge in [-0.1, -0.05) is 35.9 Å². The lowest BCUT2D eigenvalue weighted by molar-refractivity contribution is 0.281. The van der Waals surface area contributed by atoms with Crippen molar-refractivity contribution in [2.45, 2.75) is 51.7 Å². The van der Waals surface area contributed by atoms with Gasteiger partial charge < -0.3 is 10.4 Å². The molecule has 104 valence electrons. The van der Waals surface area contributed by atoms with Crippen molar-refractivity contribution < 1.29 is 5.11 Å². The van der Waals surface area contributed by atoms with E-state index in [2.05, 4.69) is 30.4 Å². The van der Waals surface area contributed by atoms with Crippen molar-refractivity contribution in [1.29, 1.82) is 0 Å². The van der Waals surface area contributed by atoms with E-state index in [0.29, 0.717) is 6.04 Å². The van der Waals surface area contributed by atoms with Crippen LogP contribution in [-0.2, 0) is 6.61 Å². The van der Waals surface area contributed by atoms with E-state index in [0.717, 1.165) is 12.1 Å². The van der Waals surface area contributed by atoms with Gasteiger partial charge in [0, 0.05) is 6.04 Å². The largest absolute Gasteiger partial charge is 0.392 e. The van der Waals surface area contributed by atoms with Gasteiger partial charge in [-0.15, -0.1) is 0 Å². The Bertz CT molecular complexity index is 425. The summed E-state index contributed by atoms with van der Waals surface area (Å²) in [5, 5.41) is 12.7. The lowest BCUT2D eigenvalue weighted by atomic mass is 9.97. The minimum Gasteiger partial charge on any atom is -0.392 e. The van der Waals surface area contributed by atoms with E-state index in [9.17, 15) is 0 Å². The van der Waals surface area contributed by atoms with Gasteiger partial charge in [-0.25, -0.2) is 0 Å². The third-order valence-corrected chi connectivity index (χ3v) is 3.92. The molecule has 0 bridgehead atoms. The zero-order valence-corrected chi connectivity index (χ0v) is 11.9. The Hall–Kier alpha value is -1.12. The van der Waals surface area contributed by atoms with E-state index < -0.39 is 0 Å². The molecule has 1 aromatic rings. The maximum atomic E-state index is 9.16. The summed E-state index contributed by atoms with van der Waals surface area (Å²) in [7, 11) is 0. The highest BCUT2D eigenvalue weighted by molar-refractivity contribution is 5.25. The summed E-state index contributed by atoms with van der Waals surface area (Å²) in [5.41, 5.74) is 3.86. The lowest BCUT2D eigenvalue weighted by Gasteiger charge is -2.17. The predicted molar refractivity (Wildman–Crippen MR) is 80.0 cm³/mol. The van der Waals surface area contributed by atoms with Crippen LogP contribution in [0.5, 0.6) is 0 Å². The fraction of sp³-hybridized carbons (Fsp3) is 0.529. The van der Waals surface area contributed by atoms with Crippen LogP contribution in [-0.4, -0.2) is 11.7 Å². The Morgan fingerprint density at radius 3 is 2.95 bits per heavy atom. The third kappa shape index (κ3) is 4.48. The van der Waals surface area contributed by atoms with E-state index >= 15 is 0 Å². The van der Waals surface area contributed by atoms with E-state index in [4.69, 9.17) is 5.11 Å².